The minimum atomic E-state index is -0.0955. The van der Waals surface area contributed by atoms with E-state index in [1.54, 1.807) is 11.6 Å². The van der Waals surface area contributed by atoms with Gasteiger partial charge in [0.1, 0.15) is 11.6 Å². The molecule has 0 spiro atoms. The molecule has 0 amide bonds. The van der Waals surface area contributed by atoms with Crippen LogP contribution < -0.4 is 9.64 Å². The molecule has 5 rings (SSSR count). The number of thiazole rings is 1. The number of rotatable bonds is 5. The van der Waals surface area contributed by atoms with Crippen molar-refractivity contribution in [1.82, 2.24) is 19.5 Å². The highest BCUT2D eigenvalue weighted by atomic mass is 32.1. The molecule has 0 unspecified atom stereocenters. The smallest absolute Gasteiger partial charge is 0.230 e. The Kier molecular flexibility index (Phi) is 5.25. The van der Waals surface area contributed by atoms with E-state index in [1.165, 1.54) is 17.0 Å². The Morgan fingerprint density at radius 3 is 2.52 bits per heavy atom. The molecule has 2 aromatic heterocycles. The van der Waals surface area contributed by atoms with Crippen LogP contribution in [-0.4, -0.2) is 57.9 Å². The standard InChI is InChI=1S/C23H25N5O2S/c1-16-24-23-28(25-16)22(29)21(31-23)20(17-7-6-10-19(15-17)30-2)27-13-11-26(12-14-27)18-8-4-3-5-9-18/h3-10,15,20,29H,11-14H2,1-2H3/t20-/m0/s1. The van der Waals surface area contributed by atoms with Gasteiger partial charge in [-0.05, 0) is 36.8 Å². The van der Waals surface area contributed by atoms with E-state index in [2.05, 4.69) is 56.3 Å². The molecule has 3 heterocycles. The molecule has 0 aliphatic carbocycles. The normalized spacial score (nSPS) is 16.0. The van der Waals surface area contributed by atoms with Crippen molar-refractivity contribution in [2.24, 2.45) is 0 Å². The maximum absolute atomic E-state index is 11.0. The van der Waals surface area contributed by atoms with Gasteiger partial charge >= 0.3 is 0 Å². The number of hydrogen-bond donors (Lipinski definition) is 1. The topological polar surface area (TPSA) is 66.1 Å². The molecule has 1 N–H and O–H groups in total. The summed E-state index contributed by atoms with van der Waals surface area (Å²) >= 11 is 1.50. The summed E-state index contributed by atoms with van der Waals surface area (Å²) in [5.41, 5.74) is 2.33. The van der Waals surface area contributed by atoms with Gasteiger partial charge in [-0.3, -0.25) is 4.90 Å². The van der Waals surface area contributed by atoms with Crippen LogP contribution in [-0.2, 0) is 0 Å². The zero-order valence-electron chi connectivity index (χ0n) is 17.6. The van der Waals surface area contributed by atoms with Crippen molar-refractivity contribution in [3.63, 3.8) is 0 Å². The third-order valence-corrected chi connectivity index (χ3v) is 6.84. The monoisotopic (exact) mass is 435 g/mol. The molecule has 1 saturated heterocycles. The predicted molar refractivity (Wildman–Crippen MR) is 122 cm³/mol. The maximum Gasteiger partial charge on any atom is 0.230 e. The van der Waals surface area contributed by atoms with E-state index < -0.39 is 0 Å². The summed E-state index contributed by atoms with van der Waals surface area (Å²) in [7, 11) is 1.68. The van der Waals surface area contributed by atoms with E-state index in [0.717, 1.165) is 42.4 Å². The van der Waals surface area contributed by atoms with Gasteiger partial charge in [0.15, 0.2) is 0 Å². The SMILES string of the molecule is COc1cccc([C@@H](c2sc3nc(C)nn3c2O)N2CCN(c3ccccc3)CC2)c1. The molecular weight excluding hydrogens is 410 g/mol. The van der Waals surface area contributed by atoms with Gasteiger partial charge in [-0.1, -0.05) is 41.7 Å². The molecule has 0 bridgehead atoms. The Hall–Kier alpha value is -3.10. The number of anilines is 1. The number of piperazine rings is 1. The van der Waals surface area contributed by atoms with Crippen LogP contribution in [0.4, 0.5) is 5.69 Å². The van der Waals surface area contributed by atoms with Gasteiger partial charge in [0.25, 0.3) is 0 Å². The molecule has 2 aromatic carbocycles. The lowest BCUT2D eigenvalue weighted by Gasteiger charge is -2.40. The van der Waals surface area contributed by atoms with Crippen LogP contribution in [0, 0.1) is 6.92 Å². The van der Waals surface area contributed by atoms with E-state index in [-0.39, 0.29) is 11.9 Å². The first-order valence-corrected chi connectivity index (χ1v) is 11.2. The minimum absolute atomic E-state index is 0.0955. The van der Waals surface area contributed by atoms with Crippen LogP contribution in [0.5, 0.6) is 11.6 Å². The van der Waals surface area contributed by atoms with E-state index in [9.17, 15) is 5.11 Å². The number of methoxy groups -OCH3 is 1. The fourth-order valence-electron chi connectivity index (χ4n) is 4.24. The van der Waals surface area contributed by atoms with E-state index in [1.807, 2.05) is 25.1 Å². The van der Waals surface area contributed by atoms with Gasteiger partial charge in [-0.2, -0.15) is 4.52 Å². The van der Waals surface area contributed by atoms with Crippen molar-refractivity contribution in [3.8, 4) is 11.6 Å². The Labute approximate surface area is 185 Å². The second-order valence-corrected chi connectivity index (χ2v) is 8.69. The first-order chi connectivity index (χ1) is 15.1. The summed E-state index contributed by atoms with van der Waals surface area (Å²) in [4.78, 5) is 10.9. The third kappa shape index (κ3) is 3.73. The summed E-state index contributed by atoms with van der Waals surface area (Å²) in [6.45, 7) is 5.43. The number of aromatic hydroxyl groups is 1. The summed E-state index contributed by atoms with van der Waals surface area (Å²) in [6, 6.07) is 18.5. The second kappa shape index (κ2) is 8.20. The molecule has 160 valence electrons. The summed E-state index contributed by atoms with van der Waals surface area (Å²) in [6.07, 6.45) is 0. The second-order valence-electron chi connectivity index (χ2n) is 7.68. The number of benzene rings is 2. The average Bonchev–Trinajstić information content (AvgIpc) is 3.32. The van der Waals surface area contributed by atoms with Crippen LogP contribution in [0.15, 0.2) is 54.6 Å². The molecule has 1 fully saturated rings. The van der Waals surface area contributed by atoms with Gasteiger partial charge in [-0.15, -0.1) is 5.10 Å². The lowest BCUT2D eigenvalue weighted by Crippen LogP contribution is -2.47. The van der Waals surface area contributed by atoms with E-state index in [4.69, 9.17) is 4.74 Å². The predicted octanol–water partition coefficient (Wildman–Crippen LogP) is 3.73. The highest BCUT2D eigenvalue weighted by Gasteiger charge is 2.32. The zero-order valence-corrected chi connectivity index (χ0v) is 18.4. The quantitative estimate of drug-likeness (QED) is 0.515. The molecule has 31 heavy (non-hydrogen) atoms. The van der Waals surface area contributed by atoms with Crippen LogP contribution in [0.25, 0.3) is 4.96 Å². The molecule has 0 saturated carbocycles. The fourth-order valence-corrected chi connectivity index (χ4v) is 5.41. The molecule has 1 aliphatic rings. The largest absolute Gasteiger partial charge is 0.497 e. The summed E-state index contributed by atoms with van der Waals surface area (Å²) in [5.74, 6) is 1.63. The van der Waals surface area contributed by atoms with Crippen LogP contribution in [0.2, 0.25) is 0 Å². The summed E-state index contributed by atoms with van der Waals surface area (Å²) < 4.78 is 7.02. The van der Waals surface area contributed by atoms with Gasteiger partial charge in [-0.25, -0.2) is 4.98 Å². The van der Waals surface area contributed by atoms with Gasteiger partial charge < -0.3 is 14.7 Å². The molecule has 4 aromatic rings. The highest BCUT2D eigenvalue weighted by molar-refractivity contribution is 7.17. The highest BCUT2D eigenvalue weighted by Crippen LogP contribution is 2.41. The minimum Gasteiger partial charge on any atom is -0.497 e. The number of ether oxygens (including phenoxy) is 1. The first-order valence-electron chi connectivity index (χ1n) is 10.4. The Morgan fingerprint density at radius 2 is 1.81 bits per heavy atom. The number of nitrogens with zero attached hydrogens (tertiary/aromatic N) is 5. The lowest BCUT2D eigenvalue weighted by molar-refractivity contribution is 0.211. The molecular formula is C23H25N5O2S. The number of para-hydroxylation sites is 1. The first kappa shape index (κ1) is 19.8. The number of aryl methyl sites for hydroxylation is 1. The van der Waals surface area contributed by atoms with E-state index >= 15 is 0 Å². The number of hydrogen-bond acceptors (Lipinski definition) is 7. The average molecular weight is 436 g/mol. The molecule has 1 aliphatic heterocycles. The van der Waals surface area contributed by atoms with Crippen molar-refractivity contribution < 1.29 is 9.84 Å². The van der Waals surface area contributed by atoms with Crippen molar-refractivity contribution in [2.45, 2.75) is 13.0 Å². The lowest BCUT2D eigenvalue weighted by atomic mass is 10.0. The van der Waals surface area contributed by atoms with Crippen molar-refractivity contribution in [2.75, 3.05) is 38.2 Å². The number of fused-ring (bicyclic) bond motifs is 1. The molecule has 8 heteroatoms. The van der Waals surface area contributed by atoms with Crippen molar-refractivity contribution in [3.05, 3.63) is 70.9 Å². The molecule has 1 atom stereocenters. The summed E-state index contributed by atoms with van der Waals surface area (Å²) in [5, 5.41) is 15.4. The van der Waals surface area contributed by atoms with E-state index in [0.29, 0.717) is 10.8 Å². The Bertz CT molecular complexity index is 1180. The van der Waals surface area contributed by atoms with Gasteiger partial charge in [0.05, 0.1) is 18.0 Å². The van der Waals surface area contributed by atoms with Crippen LogP contribution >= 0.6 is 11.3 Å². The van der Waals surface area contributed by atoms with Crippen LogP contribution in [0.1, 0.15) is 22.3 Å². The fraction of sp³-hybridized carbons (Fsp3) is 0.304. The van der Waals surface area contributed by atoms with Crippen LogP contribution in [0.3, 0.4) is 0 Å². The number of aromatic nitrogens is 3. The molecule has 7 nitrogen and oxygen atoms in total. The van der Waals surface area contributed by atoms with Crippen molar-refractivity contribution in [1.29, 1.82) is 0 Å². The van der Waals surface area contributed by atoms with Crippen molar-refractivity contribution >= 4 is 22.0 Å². The zero-order chi connectivity index (χ0) is 21.4. The van der Waals surface area contributed by atoms with Gasteiger partial charge in [0, 0.05) is 31.9 Å². The third-order valence-electron chi connectivity index (χ3n) is 5.76. The Morgan fingerprint density at radius 1 is 1.03 bits per heavy atom. The Balaban J connectivity index is 1.50. The molecule has 0 radical (unpaired) electrons. The maximum atomic E-state index is 11.0. The van der Waals surface area contributed by atoms with Gasteiger partial charge in [0.2, 0.25) is 10.8 Å².